The third-order valence-corrected chi connectivity index (χ3v) is 7.25. The molecule has 2 aromatic carbocycles. The second kappa shape index (κ2) is 11.3. The predicted molar refractivity (Wildman–Crippen MR) is 130 cm³/mol. The standard InChI is InChI=1S/C26H29N3O4S/c30-25(13-15-29-34(31,32)24-11-10-22-8-4-5-9-23(22)17-24)28-18-21-12-14-27-26(16-21)33-19-20-6-2-1-3-7-20/h1-3,6-7,10-12,14,16-17,29H,4-5,8-9,13,15,18-19H2,(H,28,30). The van der Waals surface area contributed by atoms with Crippen LogP contribution in [0, 0.1) is 0 Å². The van der Waals surface area contributed by atoms with Crippen LogP contribution in [0.2, 0.25) is 0 Å². The summed E-state index contributed by atoms with van der Waals surface area (Å²) in [6, 6.07) is 18.7. The van der Waals surface area contributed by atoms with Gasteiger partial charge < -0.3 is 10.1 Å². The number of sulfonamides is 1. The van der Waals surface area contributed by atoms with Crippen molar-refractivity contribution < 1.29 is 17.9 Å². The molecule has 0 spiro atoms. The Labute approximate surface area is 200 Å². The van der Waals surface area contributed by atoms with Crippen molar-refractivity contribution in [1.82, 2.24) is 15.0 Å². The highest BCUT2D eigenvalue weighted by atomic mass is 32.2. The molecule has 0 unspecified atom stereocenters. The summed E-state index contributed by atoms with van der Waals surface area (Å²) in [5.41, 5.74) is 4.23. The predicted octanol–water partition coefficient (Wildman–Crippen LogP) is 3.52. The van der Waals surface area contributed by atoms with Gasteiger partial charge in [0, 0.05) is 31.8 Å². The smallest absolute Gasteiger partial charge is 0.240 e. The van der Waals surface area contributed by atoms with Crippen LogP contribution in [0.15, 0.2) is 71.8 Å². The van der Waals surface area contributed by atoms with Gasteiger partial charge in [0.15, 0.2) is 0 Å². The van der Waals surface area contributed by atoms with E-state index in [9.17, 15) is 13.2 Å². The zero-order chi connectivity index (χ0) is 23.8. The van der Waals surface area contributed by atoms with Gasteiger partial charge in [0.25, 0.3) is 0 Å². The number of aromatic nitrogens is 1. The maximum absolute atomic E-state index is 12.6. The number of rotatable bonds is 10. The van der Waals surface area contributed by atoms with Crippen LogP contribution in [0.25, 0.3) is 0 Å². The maximum atomic E-state index is 12.6. The molecule has 0 saturated carbocycles. The zero-order valence-electron chi connectivity index (χ0n) is 19.0. The van der Waals surface area contributed by atoms with E-state index in [1.165, 1.54) is 5.56 Å². The molecule has 1 amide bonds. The molecule has 2 N–H and O–H groups in total. The third-order valence-electron chi connectivity index (χ3n) is 5.79. The first-order valence-corrected chi connectivity index (χ1v) is 13.0. The van der Waals surface area contributed by atoms with Crippen molar-refractivity contribution in [3.63, 3.8) is 0 Å². The van der Waals surface area contributed by atoms with E-state index >= 15 is 0 Å². The van der Waals surface area contributed by atoms with Crippen LogP contribution in [-0.2, 0) is 40.8 Å². The minimum atomic E-state index is -3.65. The van der Waals surface area contributed by atoms with Crippen LogP contribution in [0.3, 0.4) is 0 Å². The molecular weight excluding hydrogens is 450 g/mol. The molecule has 0 fully saturated rings. The zero-order valence-corrected chi connectivity index (χ0v) is 19.8. The number of hydrogen-bond donors (Lipinski definition) is 2. The van der Waals surface area contributed by atoms with Crippen LogP contribution in [0.1, 0.15) is 41.5 Å². The number of amides is 1. The first-order chi connectivity index (χ1) is 16.5. The highest BCUT2D eigenvalue weighted by Crippen LogP contribution is 2.24. The van der Waals surface area contributed by atoms with Gasteiger partial charge in [-0.15, -0.1) is 0 Å². The molecule has 7 nitrogen and oxygen atoms in total. The quantitative estimate of drug-likeness (QED) is 0.464. The maximum Gasteiger partial charge on any atom is 0.240 e. The Morgan fingerprint density at radius 2 is 1.74 bits per heavy atom. The molecule has 34 heavy (non-hydrogen) atoms. The van der Waals surface area contributed by atoms with Crippen LogP contribution in [0.4, 0.5) is 0 Å². The van der Waals surface area contributed by atoms with Gasteiger partial charge in [-0.05, 0) is 66.1 Å². The van der Waals surface area contributed by atoms with Gasteiger partial charge in [-0.25, -0.2) is 18.1 Å². The van der Waals surface area contributed by atoms with E-state index in [0.29, 0.717) is 19.0 Å². The number of hydrogen-bond acceptors (Lipinski definition) is 5. The Bertz CT molecular complexity index is 1230. The van der Waals surface area contributed by atoms with Crippen LogP contribution in [-0.4, -0.2) is 25.9 Å². The number of nitrogens with zero attached hydrogens (tertiary/aromatic N) is 1. The summed E-state index contributed by atoms with van der Waals surface area (Å²) in [6.45, 7) is 0.752. The van der Waals surface area contributed by atoms with Gasteiger partial charge in [-0.1, -0.05) is 36.4 Å². The molecule has 0 saturated heterocycles. The molecule has 0 radical (unpaired) electrons. The Morgan fingerprint density at radius 3 is 2.56 bits per heavy atom. The fourth-order valence-electron chi connectivity index (χ4n) is 3.92. The van der Waals surface area contributed by atoms with Crippen molar-refractivity contribution in [3.05, 3.63) is 89.1 Å². The first-order valence-electron chi connectivity index (χ1n) is 11.5. The number of carbonyl (C=O) groups is 1. The number of aryl methyl sites for hydroxylation is 2. The van der Waals surface area contributed by atoms with E-state index < -0.39 is 10.0 Å². The molecule has 4 rings (SSSR count). The molecule has 3 aromatic rings. The van der Waals surface area contributed by atoms with Crippen molar-refractivity contribution >= 4 is 15.9 Å². The normalized spacial score (nSPS) is 13.2. The molecule has 0 bridgehead atoms. The van der Waals surface area contributed by atoms with Crippen LogP contribution >= 0.6 is 0 Å². The second-order valence-corrected chi connectivity index (χ2v) is 10.1. The van der Waals surface area contributed by atoms with Crippen molar-refractivity contribution in [2.24, 2.45) is 0 Å². The van der Waals surface area contributed by atoms with E-state index in [-0.39, 0.29) is 23.8 Å². The Kier molecular flexibility index (Phi) is 7.92. The average Bonchev–Trinajstić information content (AvgIpc) is 2.87. The number of ether oxygens (including phenoxy) is 1. The topological polar surface area (TPSA) is 97.4 Å². The lowest BCUT2D eigenvalue weighted by Crippen LogP contribution is -2.30. The van der Waals surface area contributed by atoms with Gasteiger partial charge >= 0.3 is 0 Å². The second-order valence-electron chi connectivity index (χ2n) is 8.34. The first kappa shape index (κ1) is 23.9. The Balaban J connectivity index is 1.22. The van der Waals surface area contributed by atoms with Gasteiger partial charge in [0.1, 0.15) is 6.61 Å². The fourth-order valence-corrected chi connectivity index (χ4v) is 5.00. The molecule has 0 aliphatic heterocycles. The number of pyridine rings is 1. The molecule has 1 aromatic heterocycles. The molecular formula is C26H29N3O4S. The van der Waals surface area contributed by atoms with Crippen molar-refractivity contribution in [2.45, 2.75) is 50.2 Å². The number of benzene rings is 2. The summed E-state index contributed by atoms with van der Waals surface area (Å²) in [4.78, 5) is 16.7. The largest absolute Gasteiger partial charge is 0.473 e. The monoisotopic (exact) mass is 479 g/mol. The Hall–Kier alpha value is -3.23. The molecule has 1 aliphatic carbocycles. The van der Waals surface area contributed by atoms with E-state index in [0.717, 1.165) is 42.4 Å². The highest BCUT2D eigenvalue weighted by Gasteiger charge is 2.17. The Morgan fingerprint density at radius 1 is 0.941 bits per heavy atom. The van der Waals surface area contributed by atoms with Crippen molar-refractivity contribution in [1.29, 1.82) is 0 Å². The highest BCUT2D eigenvalue weighted by molar-refractivity contribution is 7.89. The van der Waals surface area contributed by atoms with Crippen LogP contribution < -0.4 is 14.8 Å². The SMILES string of the molecule is O=C(CCNS(=O)(=O)c1ccc2c(c1)CCCC2)NCc1ccnc(OCc2ccccc2)c1. The number of carbonyl (C=O) groups excluding carboxylic acids is 1. The lowest BCUT2D eigenvalue weighted by molar-refractivity contribution is -0.121. The molecule has 1 aliphatic rings. The average molecular weight is 480 g/mol. The van der Waals surface area contributed by atoms with Gasteiger partial charge in [-0.2, -0.15) is 0 Å². The minimum Gasteiger partial charge on any atom is -0.473 e. The van der Waals surface area contributed by atoms with Gasteiger partial charge in [0.05, 0.1) is 4.90 Å². The van der Waals surface area contributed by atoms with Gasteiger partial charge in [0.2, 0.25) is 21.8 Å². The van der Waals surface area contributed by atoms with E-state index in [1.54, 1.807) is 30.5 Å². The summed E-state index contributed by atoms with van der Waals surface area (Å²) >= 11 is 0. The van der Waals surface area contributed by atoms with Gasteiger partial charge in [-0.3, -0.25) is 4.79 Å². The number of nitrogens with one attached hydrogen (secondary N) is 2. The lowest BCUT2D eigenvalue weighted by atomic mass is 9.92. The summed E-state index contributed by atoms with van der Waals surface area (Å²) in [5.74, 6) is 0.241. The fraction of sp³-hybridized carbons (Fsp3) is 0.308. The van der Waals surface area contributed by atoms with Crippen LogP contribution in [0.5, 0.6) is 5.88 Å². The summed E-state index contributed by atoms with van der Waals surface area (Å²) in [6.07, 6.45) is 5.83. The molecule has 0 atom stereocenters. The summed E-state index contributed by atoms with van der Waals surface area (Å²) in [7, 11) is -3.65. The van der Waals surface area contributed by atoms with E-state index in [2.05, 4.69) is 15.0 Å². The molecule has 1 heterocycles. The van der Waals surface area contributed by atoms with E-state index in [1.807, 2.05) is 36.4 Å². The number of fused-ring (bicyclic) bond motifs is 1. The van der Waals surface area contributed by atoms with Crippen molar-refractivity contribution in [2.75, 3.05) is 6.54 Å². The lowest BCUT2D eigenvalue weighted by Gasteiger charge is -2.16. The third kappa shape index (κ3) is 6.65. The molecule has 8 heteroatoms. The summed E-state index contributed by atoms with van der Waals surface area (Å²) < 4.78 is 33.5. The molecule has 178 valence electrons. The van der Waals surface area contributed by atoms with Crippen molar-refractivity contribution in [3.8, 4) is 5.88 Å². The summed E-state index contributed by atoms with van der Waals surface area (Å²) in [5, 5.41) is 2.81. The minimum absolute atomic E-state index is 0.0348. The van der Waals surface area contributed by atoms with E-state index in [4.69, 9.17) is 4.74 Å².